The molecule has 21 heavy (non-hydrogen) atoms. The lowest BCUT2D eigenvalue weighted by Crippen LogP contribution is -2.52. The molecule has 2 rings (SSSR count). The first kappa shape index (κ1) is 15.1. The predicted molar refractivity (Wildman–Crippen MR) is 84.7 cm³/mol. The molecule has 0 bridgehead atoms. The van der Waals surface area contributed by atoms with E-state index in [2.05, 4.69) is 10.6 Å². The van der Waals surface area contributed by atoms with E-state index in [1.54, 1.807) is 0 Å². The van der Waals surface area contributed by atoms with Gasteiger partial charge in [-0.2, -0.15) is 0 Å². The van der Waals surface area contributed by atoms with Crippen LogP contribution in [0.1, 0.15) is 18.1 Å². The summed E-state index contributed by atoms with van der Waals surface area (Å²) in [6.07, 6.45) is 0. The van der Waals surface area contributed by atoms with Crippen LogP contribution in [0.3, 0.4) is 0 Å². The molecule has 0 radical (unpaired) electrons. The second kappa shape index (κ2) is 6.90. The Hall–Kier alpha value is -2.33. The minimum atomic E-state index is -0.581. The Bertz CT molecular complexity index is 571. The van der Waals surface area contributed by atoms with Crippen LogP contribution in [0, 0.1) is 0 Å². The standard InChI is InChI=1S/C17H21N3O/c1-17(13-18,15-10-6-3-7-11-15)20-16(21)19-12-14-8-4-2-5-9-14/h2-11H,12-13,18H2,1H3,(H2,19,20,21). The molecule has 2 amide bonds. The van der Waals surface area contributed by atoms with Crippen LogP contribution < -0.4 is 16.4 Å². The fraction of sp³-hybridized carbons (Fsp3) is 0.235. The van der Waals surface area contributed by atoms with Crippen LogP contribution in [0.4, 0.5) is 4.79 Å². The van der Waals surface area contributed by atoms with Gasteiger partial charge in [0, 0.05) is 13.1 Å². The first-order valence-electron chi connectivity index (χ1n) is 6.99. The summed E-state index contributed by atoms with van der Waals surface area (Å²) in [4.78, 5) is 12.1. The van der Waals surface area contributed by atoms with Crippen molar-refractivity contribution in [2.45, 2.75) is 19.0 Å². The monoisotopic (exact) mass is 283 g/mol. The molecule has 0 aliphatic carbocycles. The molecule has 0 aromatic heterocycles. The van der Waals surface area contributed by atoms with Crippen molar-refractivity contribution in [2.75, 3.05) is 6.54 Å². The lowest BCUT2D eigenvalue weighted by Gasteiger charge is -2.30. The first-order chi connectivity index (χ1) is 10.1. The number of urea groups is 1. The minimum absolute atomic E-state index is 0.226. The van der Waals surface area contributed by atoms with E-state index in [1.807, 2.05) is 67.6 Å². The van der Waals surface area contributed by atoms with E-state index in [1.165, 1.54) is 0 Å². The van der Waals surface area contributed by atoms with E-state index in [0.717, 1.165) is 11.1 Å². The van der Waals surface area contributed by atoms with Gasteiger partial charge < -0.3 is 16.4 Å². The molecule has 2 aromatic rings. The molecule has 4 heteroatoms. The Morgan fingerprint density at radius 3 is 2.19 bits per heavy atom. The number of rotatable bonds is 5. The molecule has 1 atom stereocenters. The second-order valence-electron chi connectivity index (χ2n) is 5.20. The van der Waals surface area contributed by atoms with Crippen molar-refractivity contribution in [3.05, 3.63) is 71.8 Å². The van der Waals surface area contributed by atoms with E-state index < -0.39 is 5.54 Å². The van der Waals surface area contributed by atoms with Crippen molar-refractivity contribution >= 4 is 6.03 Å². The molecule has 1 unspecified atom stereocenters. The van der Waals surface area contributed by atoms with Crippen LogP contribution in [0.15, 0.2) is 60.7 Å². The number of hydrogen-bond donors (Lipinski definition) is 3. The van der Waals surface area contributed by atoms with Crippen molar-refractivity contribution in [2.24, 2.45) is 5.73 Å². The first-order valence-corrected chi connectivity index (χ1v) is 6.99. The summed E-state index contributed by atoms with van der Waals surface area (Å²) in [5, 5.41) is 5.81. The maximum absolute atomic E-state index is 12.1. The highest BCUT2D eigenvalue weighted by atomic mass is 16.2. The summed E-state index contributed by atoms with van der Waals surface area (Å²) in [7, 11) is 0. The summed E-state index contributed by atoms with van der Waals surface area (Å²) in [6, 6.07) is 19.3. The van der Waals surface area contributed by atoms with Crippen molar-refractivity contribution in [1.29, 1.82) is 0 Å². The molecule has 4 nitrogen and oxygen atoms in total. The van der Waals surface area contributed by atoms with Gasteiger partial charge in [0.15, 0.2) is 0 Å². The van der Waals surface area contributed by atoms with Gasteiger partial charge in [-0.1, -0.05) is 60.7 Å². The predicted octanol–water partition coefficient (Wildman–Crippen LogP) is 2.36. The highest BCUT2D eigenvalue weighted by Crippen LogP contribution is 2.18. The van der Waals surface area contributed by atoms with E-state index in [4.69, 9.17) is 5.73 Å². The zero-order valence-electron chi connectivity index (χ0n) is 12.2. The van der Waals surface area contributed by atoms with Gasteiger partial charge in [-0.05, 0) is 18.1 Å². The van der Waals surface area contributed by atoms with Gasteiger partial charge in [0.25, 0.3) is 0 Å². The Balaban J connectivity index is 1.97. The van der Waals surface area contributed by atoms with Crippen molar-refractivity contribution < 1.29 is 4.79 Å². The zero-order chi connectivity index (χ0) is 15.1. The third-order valence-electron chi connectivity index (χ3n) is 3.50. The van der Waals surface area contributed by atoms with Crippen LogP contribution in [-0.4, -0.2) is 12.6 Å². The molecule has 0 heterocycles. The van der Waals surface area contributed by atoms with Crippen molar-refractivity contribution in [3.8, 4) is 0 Å². The molecular formula is C17H21N3O. The molecule has 0 spiro atoms. The van der Waals surface area contributed by atoms with Crippen LogP contribution in [-0.2, 0) is 12.1 Å². The average Bonchev–Trinajstić information content (AvgIpc) is 2.54. The summed E-state index contributed by atoms with van der Waals surface area (Å²) in [5.74, 6) is 0. The largest absolute Gasteiger partial charge is 0.334 e. The third kappa shape index (κ3) is 4.07. The molecule has 0 aliphatic rings. The van der Waals surface area contributed by atoms with Crippen molar-refractivity contribution in [3.63, 3.8) is 0 Å². The minimum Gasteiger partial charge on any atom is -0.334 e. The highest BCUT2D eigenvalue weighted by Gasteiger charge is 2.26. The van der Waals surface area contributed by atoms with Gasteiger partial charge in [-0.3, -0.25) is 0 Å². The lowest BCUT2D eigenvalue weighted by molar-refractivity contribution is 0.227. The van der Waals surface area contributed by atoms with E-state index >= 15 is 0 Å². The number of carbonyl (C=O) groups excluding carboxylic acids is 1. The Morgan fingerprint density at radius 2 is 1.62 bits per heavy atom. The molecular weight excluding hydrogens is 262 g/mol. The van der Waals surface area contributed by atoms with Gasteiger partial charge in [0.05, 0.1) is 5.54 Å². The zero-order valence-corrected chi connectivity index (χ0v) is 12.2. The molecule has 0 saturated heterocycles. The normalized spacial score (nSPS) is 13.2. The summed E-state index contributed by atoms with van der Waals surface area (Å²) in [6.45, 7) is 2.74. The number of amides is 2. The van der Waals surface area contributed by atoms with Crippen LogP contribution in [0.25, 0.3) is 0 Å². The summed E-state index contributed by atoms with van der Waals surface area (Å²) >= 11 is 0. The van der Waals surface area contributed by atoms with E-state index in [-0.39, 0.29) is 6.03 Å². The molecule has 0 fully saturated rings. The number of carbonyl (C=O) groups is 1. The van der Waals surface area contributed by atoms with E-state index in [9.17, 15) is 4.79 Å². The molecule has 110 valence electrons. The molecule has 4 N–H and O–H groups in total. The average molecular weight is 283 g/mol. The van der Waals surface area contributed by atoms with Crippen LogP contribution in [0.2, 0.25) is 0 Å². The third-order valence-corrected chi connectivity index (χ3v) is 3.50. The number of benzene rings is 2. The fourth-order valence-electron chi connectivity index (χ4n) is 2.12. The smallest absolute Gasteiger partial charge is 0.315 e. The van der Waals surface area contributed by atoms with Gasteiger partial charge in [0.2, 0.25) is 0 Å². The fourth-order valence-corrected chi connectivity index (χ4v) is 2.12. The molecule has 0 saturated carbocycles. The molecule has 2 aromatic carbocycles. The number of nitrogens with one attached hydrogen (secondary N) is 2. The van der Waals surface area contributed by atoms with Gasteiger partial charge in [-0.25, -0.2) is 4.79 Å². The number of nitrogens with two attached hydrogens (primary N) is 1. The second-order valence-corrected chi connectivity index (χ2v) is 5.20. The summed E-state index contributed by atoms with van der Waals surface area (Å²) in [5.41, 5.74) is 7.32. The topological polar surface area (TPSA) is 67.1 Å². The number of hydrogen-bond acceptors (Lipinski definition) is 2. The Morgan fingerprint density at radius 1 is 1.05 bits per heavy atom. The van der Waals surface area contributed by atoms with Gasteiger partial charge in [0.1, 0.15) is 0 Å². The quantitative estimate of drug-likeness (QED) is 0.788. The van der Waals surface area contributed by atoms with Crippen molar-refractivity contribution in [1.82, 2.24) is 10.6 Å². The van der Waals surface area contributed by atoms with E-state index in [0.29, 0.717) is 13.1 Å². The summed E-state index contributed by atoms with van der Waals surface area (Å²) < 4.78 is 0. The van der Waals surface area contributed by atoms with Crippen LogP contribution in [0.5, 0.6) is 0 Å². The molecule has 0 aliphatic heterocycles. The highest BCUT2D eigenvalue weighted by molar-refractivity contribution is 5.75. The SMILES string of the molecule is CC(CN)(NC(=O)NCc1ccccc1)c1ccccc1. The maximum Gasteiger partial charge on any atom is 0.315 e. The van der Waals surface area contributed by atoms with Gasteiger partial charge >= 0.3 is 6.03 Å². The van der Waals surface area contributed by atoms with Crippen LogP contribution >= 0.6 is 0 Å². The van der Waals surface area contributed by atoms with Gasteiger partial charge in [-0.15, -0.1) is 0 Å². The maximum atomic E-state index is 12.1. The Labute approximate surface area is 125 Å². The Kier molecular flexibility index (Phi) is 4.95. The lowest BCUT2D eigenvalue weighted by atomic mass is 9.92.